The first kappa shape index (κ1) is 14.3. The van der Waals surface area contributed by atoms with Crippen LogP contribution in [0.1, 0.15) is 24.2 Å². The van der Waals surface area contributed by atoms with Crippen LogP contribution in [0.4, 0.5) is 5.69 Å². The third-order valence-corrected chi connectivity index (χ3v) is 1.19. The third kappa shape index (κ3) is 4.38. The van der Waals surface area contributed by atoms with E-state index in [0.29, 0.717) is 5.69 Å². The van der Waals surface area contributed by atoms with Crippen molar-refractivity contribution in [2.75, 3.05) is 5.73 Å². The summed E-state index contributed by atoms with van der Waals surface area (Å²) in [5, 5.41) is 8.49. The fourth-order valence-corrected chi connectivity index (χ4v) is 0.692. The molecule has 0 aliphatic carbocycles. The molecule has 3 nitrogen and oxygen atoms in total. The molecule has 0 fully saturated rings. The number of nitrogen functional groups attached to an aromatic ring is 1. The lowest BCUT2D eigenvalue weighted by Crippen LogP contribution is -2.00. The number of carbonyl (C=O) groups is 1. The maximum absolute atomic E-state index is 10.3. The lowest BCUT2D eigenvalue weighted by atomic mass is 10.2. The van der Waals surface area contributed by atoms with Crippen LogP contribution in [0.5, 0.6) is 0 Å². The van der Waals surface area contributed by atoms with Crippen molar-refractivity contribution in [1.82, 2.24) is 0 Å². The molecule has 0 saturated heterocycles. The van der Waals surface area contributed by atoms with Crippen molar-refractivity contribution < 1.29 is 9.90 Å². The summed E-state index contributed by atoms with van der Waals surface area (Å²) in [6.45, 7) is 4.00. The highest BCUT2D eigenvalue weighted by Crippen LogP contribution is 2.08. The van der Waals surface area contributed by atoms with Crippen LogP contribution in [-0.4, -0.2) is 11.1 Å². The number of carboxylic acid groups (broad SMARTS) is 1. The molecule has 74 valence electrons. The SMILES string of the molecule is CC.Cl.Nc1ccccc1C(=O)O. The average Bonchev–Trinajstić information content (AvgIpc) is 2.08. The molecule has 0 unspecified atom stereocenters. The molecular formula is C9H14ClNO2. The molecule has 0 radical (unpaired) electrons. The number of carboxylic acids is 1. The Labute approximate surface area is 84.0 Å². The van der Waals surface area contributed by atoms with Crippen molar-refractivity contribution in [1.29, 1.82) is 0 Å². The van der Waals surface area contributed by atoms with Gasteiger partial charge in [-0.1, -0.05) is 26.0 Å². The van der Waals surface area contributed by atoms with Crippen molar-refractivity contribution >= 4 is 24.1 Å². The molecule has 1 aromatic carbocycles. The van der Waals surface area contributed by atoms with Gasteiger partial charge in [-0.25, -0.2) is 4.79 Å². The van der Waals surface area contributed by atoms with Crippen molar-refractivity contribution in [3.8, 4) is 0 Å². The first-order valence-electron chi connectivity index (χ1n) is 3.79. The van der Waals surface area contributed by atoms with Crippen LogP contribution in [0.25, 0.3) is 0 Å². The number of halogens is 1. The molecule has 1 aromatic rings. The van der Waals surface area contributed by atoms with Gasteiger partial charge in [0.15, 0.2) is 0 Å². The Morgan fingerprint density at radius 2 is 1.77 bits per heavy atom. The van der Waals surface area contributed by atoms with Gasteiger partial charge >= 0.3 is 5.97 Å². The standard InChI is InChI=1S/C7H7NO2.C2H6.ClH/c8-6-4-2-1-3-5(6)7(9)10;1-2;/h1-4H,8H2,(H,9,10);1-2H3;1H. The van der Waals surface area contributed by atoms with E-state index in [0.717, 1.165) is 0 Å². The Hall–Kier alpha value is -1.22. The minimum atomic E-state index is -0.988. The normalized spacial score (nSPS) is 7.54. The van der Waals surface area contributed by atoms with Gasteiger partial charge in [0.2, 0.25) is 0 Å². The maximum Gasteiger partial charge on any atom is 0.337 e. The highest BCUT2D eigenvalue weighted by molar-refractivity contribution is 5.93. The summed E-state index contributed by atoms with van der Waals surface area (Å²) in [5.41, 5.74) is 5.80. The topological polar surface area (TPSA) is 63.3 Å². The zero-order valence-corrected chi connectivity index (χ0v) is 8.47. The second kappa shape index (κ2) is 7.43. The van der Waals surface area contributed by atoms with Gasteiger partial charge in [0.25, 0.3) is 0 Å². The Morgan fingerprint density at radius 1 is 1.31 bits per heavy atom. The molecular weight excluding hydrogens is 190 g/mol. The number of aromatic carboxylic acids is 1. The van der Waals surface area contributed by atoms with Crippen LogP contribution >= 0.6 is 12.4 Å². The Kier molecular flexibility index (Phi) is 8.18. The quantitative estimate of drug-likeness (QED) is 0.689. The Morgan fingerprint density at radius 3 is 2.08 bits per heavy atom. The molecule has 0 aliphatic heterocycles. The summed E-state index contributed by atoms with van der Waals surface area (Å²) in [4.78, 5) is 10.3. The summed E-state index contributed by atoms with van der Waals surface area (Å²) in [7, 11) is 0. The number of rotatable bonds is 1. The van der Waals surface area contributed by atoms with Crippen LogP contribution in [0.2, 0.25) is 0 Å². The maximum atomic E-state index is 10.3. The summed E-state index contributed by atoms with van der Waals surface area (Å²) in [5.74, 6) is -0.988. The molecule has 0 aliphatic rings. The van der Waals surface area contributed by atoms with E-state index in [-0.39, 0.29) is 18.0 Å². The van der Waals surface area contributed by atoms with Gasteiger partial charge in [0.1, 0.15) is 0 Å². The van der Waals surface area contributed by atoms with Crippen molar-refractivity contribution in [3.05, 3.63) is 29.8 Å². The number of anilines is 1. The van der Waals surface area contributed by atoms with E-state index < -0.39 is 5.97 Å². The van der Waals surface area contributed by atoms with Crippen molar-refractivity contribution in [3.63, 3.8) is 0 Å². The van der Waals surface area contributed by atoms with E-state index in [1.807, 2.05) is 13.8 Å². The number of nitrogens with two attached hydrogens (primary N) is 1. The minimum Gasteiger partial charge on any atom is -0.478 e. The van der Waals surface area contributed by atoms with E-state index in [4.69, 9.17) is 10.8 Å². The van der Waals surface area contributed by atoms with E-state index in [1.165, 1.54) is 6.07 Å². The van der Waals surface area contributed by atoms with E-state index in [2.05, 4.69) is 0 Å². The lowest BCUT2D eigenvalue weighted by Gasteiger charge is -1.96. The summed E-state index contributed by atoms with van der Waals surface area (Å²) in [6, 6.07) is 6.36. The Balaban J connectivity index is 0. The van der Waals surface area contributed by atoms with Gasteiger partial charge in [0, 0.05) is 5.69 Å². The van der Waals surface area contributed by atoms with Gasteiger partial charge in [0.05, 0.1) is 5.56 Å². The summed E-state index contributed by atoms with van der Waals surface area (Å²) >= 11 is 0. The second-order valence-corrected chi connectivity index (χ2v) is 1.89. The third-order valence-electron chi connectivity index (χ3n) is 1.19. The fourth-order valence-electron chi connectivity index (χ4n) is 0.692. The highest BCUT2D eigenvalue weighted by atomic mass is 35.5. The van der Waals surface area contributed by atoms with Gasteiger partial charge < -0.3 is 10.8 Å². The molecule has 3 N–H and O–H groups in total. The van der Waals surface area contributed by atoms with Crippen LogP contribution in [0, 0.1) is 0 Å². The zero-order valence-electron chi connectivity index (χ0n) is 7.65. The van der Waals surface area contributed by atoms with Gasteiger partial charge in [-0.2, -0.15) is 0 Å². The van der Waals surface area contributed by atoms with Crippen LogP contribution < -0.4 is 5.73 Å². The smallest absolute Gasteiger partial charge is 0.337 e. The van der Waals surface area contributed by atoms with E-state index >= 15 is 0 Å². The van der Waals surface area contributed by atoms with E-state index in [1.54, 1.807) is 18.2 Å². The molecule has 13 heavy (non-hydrogen) atoms. The predicted molar refractivity (Wildman–Crippen MR) is 56.4 cm³/mol. The number of hydrogen-bond donors (Lipinski definition) is 2. The second-order valence-electron chi connectivity index (χ2n) is 1.89. The minimum absolute atomic E-state index is 0. The van der Waals surface area contributed by atoms with Crippen molar-refractivity contribution in [2.24, 2.45) is 0 Å². The zero-order chi connectivity index (χ0) is 9.56. The molecule has 0 saturated carbocycles. The fraction of sp³-hybridized carbons (Fsp3) is 0.222. The molecule has 4 heteroatoms. The van der Waals surface area contributed by atoms with Gasteiger partial charge in [-0.15, -0.1) is 12.4 Å². The highest BCUT2D eigenvalue weighted by Gasteiger charge is 2.03. The molecule has 0 bridgehead atoms. The average molecular weight is 204 g/mol. The molecule has 0 aromatic heterocycles. The monoisotopic (exact) mass is 203 g/mol. The van der Waals surface area contributed by atoms with Gasteiger partial charge in [-0.3, -0.25) is 0 Å². The first-order valence-corrected chi connectivity index (χ1v) is 3.79. The molecule has 0 spiro atoms. The first-order chi connectivity index (χ1) is 5.72. The number of para-hydroxylation sites is 1. The predicted octanol–water partition coefficient (Wildman–Crippen LogP) is 2.42. The van der Waals surface area contributed by atoms with Crippen LogP contribution in [0.15, 0.2) is 24.3 Å². The molecule has 1 rings (SSSR count). The summed E-state index contributed by atoms with van der Waals surface area (Å²) < 4.78 is 0. The largest absolute Gasteiger partial charge is 0.478 e. The van der Waals surface area contributed by atoms with E-state index in [9.17, 15) is 4.79 Å². The number of benzene rings is 1. The molecule has 0 heterocycles. The van der Waals surface area contributed by atoms with Crippen molar-refractivity contribution in [2.45, 2.75) is 13.8 Å². The van der Waals surface area contributed by atoms with Gasteiger partial charge in [-0.05, 0) is 12.1 Å². The van der Waals surface area contributed by atoms with Crippen LogP contribution in [-0.2, 0) is 0 Å². The molecule has 0 amide bonds. The van der Waals surface area contributed by atoms with Crippen LogP contribution in [0.3, 0.4) is 0 Å². The molecule has 0 atom stereocenters. The Bertz CT molecular complexity index is 264. The lowest BCUT2D eigenvalue weighted by molar-refractivity contribution is 0.0698. The summed E-state index contributed by atoms with van der Waals surface area (Å²) in [6.07, 6.45) is 0. The number of hydrogen-bond acceptors (Lipinski definition) is 2.